The Morgan fingerprint density at radius 3 is 1.41 bits per heavy atom. The van der Waals surface area contributed by atoms with Gasteiger partial charge in [-0.3, -0.25) is 0 Å². The molecule has 5 rings (SSSR count). The third-order valence-corrected chi connectivity index (χ3v) is 6.16. The summed E-state index contributed by atoms with van der Waals surface area (Å²) in [4.78, 5) is 0. The number of allylic oxidation sites excluding steroid dienone is 12. The van der Waals surface area contributed by atoms with Gasteiger partial charge in [-0.2, -0.15) is 0 Å². The lowest BCUT2D eigenvalue weighted by Crippen LogP contribution is -2.00. The van der Waals surface area contributed by atoms with Crippen LogP contribution in [0.2, 0.25) is 0 Å². The van der Waals surface area contributed by atoms with E-state index in [1.165, 1.54) is 33.4 Å². The molecule has 0 atom stereocenters. The lowest BCUT2D eigenvalue weighted by molar-refractivity contribution is 1.04. The van der Waals surface area contributed by atoms with Gasteiger partial charge in [0.05, 0.1) is 0 Å². The van der Waals surface area contributed by atoms with Crippen molar-refractivity contribution in [2.24, 2.45) is 0 Å². The second-order valence-corrected chi connectivity index (χ2v) is 8.14. The highest BCUT2D eigenvalue weighted by Crippen LogP contribution is 2.44. The molecule has 0 heteroatoms. The molecule has 142 valence electrons. The first-order valence-electron chi connectivity index (χ1n) is 10.6. The summed E-state index contributed by atoms with van der Waals surface area (Å²) >= 11 is 0. The van der Waals surface area contributed by atoms with Crippen LogP contribution in [-0.4, -0.2) is 0 Å². The van der Waals surface area contributed by atoms with E-state index in [1.54, 1.807) is 11.1 Å². The molecule has 0 fully saturated rings. The first-order valence-corrected chi connectivity index (χ1v) is 10.6. The fourth-order valence-corrected chi connectivity index (χ4v) is 4.51. The highest BCUT2D eigenvalue weighted by atomic mass is 14.3. The minimum atomic E-state index is 1.01. The van der Waals surface area contributed by atoms with Crippen LogP contribution in [0.4, 0.5) is 0 Å². The molecule has 0 heterocycles. The summed E-state index contributed by atoms with van der Waals surface area (Å²) in [5, 5.41) is 0. The Hall–Kier alpha value is -3.12. The molecule has 0 aliphatic heterocycles. The van der Waals surface area contributed by atoms with Crippen molar-refractivity contribution in [3.05, 3.63) is 142 Å². The molecule has 0 bridgehead atoms. The maximum absolute atomic E-state index is 2.40. The van der Waals surface area contributed by atoms with Crippen LogP contribution in [0.5, 0.6) is 0 Å². The fraction of sp³-hybridized carbons (Fsp3) is 0.172. The van der Waals surface area contributed by atoms with E-state index in [0.29, 0.717) is 0 Å². The summed E-state index contributed by atoms with van der Waals surface area (Å²) in [5.41, 5.74) is 11.9. The molecule has 0 N–H and O–H groups in total. The molecule has 0 unspecified atom stereocenters. The van der Waals surface area contributed by atoms with Gasteiger partial charge in [0.2, 0.25) is 0 Å². The molecular formula is C29H26. The van der Waals surface area contributed by atoms with E-state index in [9.17, 15) is 0 Å². The molecule has 0 spiro atoms. The average molecular weight is 375 g/mol. The molecule has 0 aromatic heterocycles. The Labute approximate surface area is 174 Å². The lowest BCUT2D eigenvalue weighted by atomic mass is 9.87. The number of fused-ring (bicyclic) bond motifs is 1. The molecule has 3 aliphatic rings. The van der Waals surface area contributed by atoms with Gasteiger partial charge in [-0.05, 0) is 76.7 Å². The SMILES string of the molecule is C1=CC2=C(CC1=CCc1ccccc1)C1=C(C=CC(=CCc3ccccc3)C1)C2. The van der Waals surface area contributed by atoms with Crippen LogP contribution >= 0.6 is 0 Å². The zero-order valence-corrected chi connectivity index (χ0v) is 16.8. The summed E-state index contributed by atoms with van der Waals surface area (Å²) in [7, 11) is 0. The van der Waals surface area contributed by atoms with E-state index in [1.807, 2.05) is 0 Å². The van der Waals surface area contributed by atoms with Crippen molar-refractivity contribution in [2.45, 2.75) is 32.1 Å². The minimum absolute atomic E-state index is 1.01. The van der Waals surface area contributed by atoms with Crippen molar-refractivity contribution in [3.8, 4) is 0 Å². The van der Waals surface area contributed by atoms with E-state index in [4.69, 9.17) is 0 Å². The van der Waals surface area contributed by atoms with Crippen molar-refractivity contribution in [1.29, 1.82) is 0 Å². The Bertz CT molecular complexity index is 994. The van der Waals surface area contributed by atoms with Gasteiger partial charge in [-0.15, -0.1) is 0 Å². The van der Waals surface area contributed by atoms with E-state index in [0.717, 1.165) is 32.1 Å². The normalized spacial score (nSPS) is 20.6. The second kappa shape index (κ2) is 8.09. The predicted octanol–water partition coefficient (Wildman–Crippen LogP) is 7.24. The Balaban J connectivity index is 1.30. The van der Waals surface area contributed by atoms with Gasteiger partial charge in [0.15, 0.2) is 0 Å². The van der Waals surface area contributed by atoms with E-state index < -0.39 is 0 Å². The van der Waals surface area contributed by atoms with E-state index in [2.05, 4.69) is 97.1 Å². The number of benzene rings is 2. The predicted molar refractivity (Wildman–Crippen MR) is 123 cm³/mol. The minimum Gasteiger partial charge on any atom is -0.0766 e. The third kappa shape index (κ3) is 4.03. The van der Waals surface area contributed by atoms with Crippen LogP contribution in [0, 0.1) is 0 Å². The standard InChI is InChI=1S/C29H26/c1-3-7-22(8-4-1)11-13-24-15-17-26-21-27-18-16-25(20-29(27)28(26)19-24)14-12-23-9-5-2-6-10-23/h1-10,13-18H,11-12,19-21H2. The first kappa shape index (κ1) is 17.9. The van der Waals surface area contributed by atoms with Gasteiger partial charge in [0, 0.05) is 0 Å². The fourth-order valence-electron chi connectivity index (χ4n) is 4.51. The van der Waals surface area contributed by atoms with Gasteiger partial charge in [-0.1, -0.05) is 97.1 Å². The van der Waals surface area contributed by atoms with Crippen LogP contribution < -0.4 is 0 Å². The molecule has 3 aliphatic carbocycles. The zero-order valence-electron chi connectivity index (χ0n) is 16.8. The molecular weight excluding hydrogens is 348 g/mol. The molecule has 0 saturated carbocycles. The molecule has 0 nitrogen and oxygen atoms in total. The van der Waals surface area contributed by atoms with Crippen molar-refractivity contribution in [2.75, 3.05) is 0 Å². The summed E-state index contributed by atoms with van der Waals surface area (Å²) in [6, 6.07) is 21.5. The van der Waals surface area contributed by atoms with Crippen LogP contribution in [0.25, 0.3) is 0 Å². The molecule has 0 amide bonds. The highest BCUT2D eigenvalue weighted by Gasteiger charge is 2.26. The van der Waals surface area contributed by atoms with Crippen molar-refractivity contribution >= 4 is 0 Å². The molecule has 0 radical (unpaired) electrons. The summed E-state index contributed by atoms with van der Waals surface area (Å²) in [6.45, 7) is 0. The van der Waals surface area contributed by atoms with E-state index in [-0.39, 0.29) is 0 Å². The van der Waals surface area contributed by atoms with Crippen molar-refractivity contribution in [1.82, 2.24) is 0 Å². The summed E-state index contributed by atoms with van der Waals surface area (Å²) in [6.07, 6.45) is 19.5. The molecule has 2 aromatic carbocycles. The van der Waals surface area contributed by atoms with Crippen LogP contribution in [0.1, 0.15) is 30.4 Å². The maximum atomic E-state index is 2.40. The molecule has 2 aromatic rings. The van der Waals surface area contributed by atoms with Gasteiger partial charge < -0.3 is 0 Å². The lowest BCUT2D eigenvalue weighted by Gasteiger charge is -2.18. The zero-order chi connectivity index (χ0) is 19.5. The summed E-state index contributed by atoms with van der Waals surface area (Å²) < 4.78 is 0. The van der Waals surface area contributed by atoms with E-state index >= 15 is 0 Å². The van der Waals surface area contributed by atoms with Crippen molar-refractivity contribution < 1.29 is 0 Å². The monoisotopic (exact) mass is 374 g/mol. The first-order chi connectivity index (χ1) is 14.3. The van der Waals surface area contributed by atoms with Gasteiger partial charge in [0.25, 0.3) is 0 Å². The second-order valence-electron chi connectivity index (χ2n) is 8.14. The molecule has 29 heavy (non-hydrogen) atoms. The Morgan fingerprint density at radius 1 is 0.517 bits per heavy atom. The number of hydrogen-bond donors (Lipinski definition) is 0. The Kier molecular flexibility index (Phi) is 5.01. The maximum Gasteiger partial charge on any atom is -0.00199 e. The smallest absolute Gasteiger partial charge is 0.00199 e. The van der Waals surface area contributed by atoms with Gasteiger partial charge in [0.1, 0.15) is 0 Å². The largest absolute Gasteiger partial charge is 0.0766 e. The van der Waals surface area contributed by atoms with Crippen LogP contribution in [0.15, 0.2) is 131 Å². The third-order valence-electron chi connectivity index (χ3n) is 6.16. The number of rotatable bonds is 4. The summed E-state index contributed by atoms with van der Waals surface area (Å²) in [5.74, 6) is 0. The van der Waals surface area contributed by atoms with Crippen molar-refractivity contribution in [3.63, 3.8) is 0 Å². The topological polar surface area (TPSA) is 0 Å². The van der Waals surface area contributed by atoms with Crippen LogP contribution in [0.3, 0.4) is 0 Å². The Morgan fingerprint density at radius 2 is 0.966 bits per heavy atom. The van der Waals surface area contributed by atoms with Gasteiger partial charge in [-0.25, -0.2) is 0 Å². The highest BCUT2D eigenvalue weighted by molar-refractivity contribution is 5.62. The van der Waals surface area contributed by atoms with Crippen LogP contribution in [-0.2, 0) is 12.8 Å². The quantitative estimate of drug-likeness (QED) is 0.529. The molecule has 0 saturated heterocycles. The number of hydrogen-bond acceptors (Lipinski definition) is 0. The van der Waals surface area contributed by atoms with Gasteiger partial charge >= 0.3 is 0 Å². The average Bonchev–Trinajstić information content (AvgIpc) is 3.15.